The molecule has 1 N–H and O–H groups in total. The van der Waals surface area contributed by atoms with Gasteiger partial charge >= 0.3 is 0 Å². The molecule has 4 heteroatoms. The van der Waals surface area contributed by atoms with Gasteiger partial charge in [0, 0.05) is 9.50 Å². The van der Waals surface area contributed by atoms with Crippen LogP contribution in [0.2, 0.25) is 5.02 Å². The van der Waals surface area contributed by atoms with Crippen LogP contribution in [-0.4, -0.2) is 12.2 Å². The molecule has 94 valence electrons. The lowest BCUT2D eigenvalue weighted by atomic mass is 10.0. The number of hydrogen-bond donors (Lipinski definition) is 1. The van der Waals surface area contributed by atoms with Crippen molar-refractivity contribution in [2.45, 2.75) is 6.10 Å². The summed E-state index contributed by atoms with van der Waals surface area (Å²) in [4.78, 5) is 0. The van der Waals surface area contributed by atoms with Crippen molar-refractivity contribution in [3.63, 3.8) is 0 Å². The van der Waals surface area contributed by atoms with E-state index in [-0.39, 0.29) is 0 Å². The number of benzene rings is 2. The van der Waals surface area contributed by atoms with Gasteiger partial charge in [0.05, 0.1) is 7.11 Å². The molecule has 0 aliphatic heterocycles. The van der Waals surface area contributed by atoms with Gasteiger partial charge < -0.3 is 9.84 Å². The van der Waals surface area contributed by atoms with E-state index in [0.29, 0.717) is 5.02 Å². The van der Waals surface area contributed by atoms with Crippen LogP contribution in [0, 0.1) is 0 Å². The van der Waals surface area contributed by atoms with Crippen molar-refractivity contribution >= 4 is 27.5 Å². The van der Waals surface area contributed by atoms with Gasteiger partial charge in [0.15, 0.2) is 0 Å². The Bertz CT molecular complexity index is 557. The van der Waals surface area contributed by atoms with Crippen molar-refractivity contribution < 1.29 is 9.84 Å². The largest absolute Gasteiger partial charge is 0.497 e. The quantitative estimate of drug-likeness (QED) is 0.916. The molecule has 0 aromatic heterocycles. The lowest BCUT2D eigenvalue weighted by molar-refractivity contribution is 0.219. The molecule has 1 atom stereocenters. The maximum absolute atomic E-state index is 10.4. The average Bonchev–Trinajstić information content (AvgIpc) is 2.38. The topological polar surface area (TPSA) is 29.5 Å². The van der Waals surface area contributed by atoms with Gasteiger partial charge in [-0.1, -0.05) is 45.7 Å². The molecule has 2 rings (SSSR count). The first-order valence-corrected chi connectivity index (χ1v) is 6.56. The van der Waals surface area contributed by atoms with E-state index in [2.05, 4.69) is 15.9 Å². The van der Waals surface area contributed by atoms with E-state index < -0.39 is 6.10 Å². The summed E-state index contributed by atoms with van der Waals surface area (Å²) in [7, 11) is 1.60. The summed E-state index contributed by atoms with van der Waals surface area (Å²) in [6.07, 6.45) is -0.716. The smallest absolute Gasteiger partial charge is 0.119 e. The number of ether oxygens (including phenoxy) is 1. The zero-order valence-corrected chi connectivity index (χ0v) is 12.1. The SMILES string of the molecule is COc1cccc(C(O)c2ccc(Cl)cc2Br)c1. The molecule has 2 aromatic carbocycles. The van der Waals surface area contributed by atoms with Gasteiger partial charge in [-0.05, 0) is 35.4 Å². The molecule has 0 aliphatic rings. The van der Waals surface area contributed by atoms with E-state index in [1.165, 1.54) is 0 Å². The Balaban J connectivity index is 2.37. The van der Waals surface area contributed by atoms with Crippen LogP contribution < -0.4 is 4.74 Å². The lowest BCUT2D eigenvalue weighted by Crippen LogP contribution is -2.01. The number of aliphatic hydroxyl groups excluding tert-OH is 1. The molecule has 0 saturated heterocycles. The van der Waals surface area contributed by atoms with Crippen molar-refractivity contribution in [2.24, 2.45) is 0 Å². The molecule has 0 fully saturated rings. The van der Waals surface area contributed by atoms with Gasteiger partial charge in [-0.3, -0.25) is 0 Å². The number of aliphatic hydroxyl groups is 1. The Morgan fingerprint density at radius 3 is 2.67 bits per heavy atom. The molecule has 0 radical (unpaired) electrons. The minimum Gasteiger partial charge on any atom is -0.497 e. The minimum atomic E-state index is -0.716. The molecular formula is C14H12BrClO2. The number of rotatable bonds is 3. The summed E-state index contributed by atoms with van der Waals surface area (Å²) in [5.74, 6) is 0.719. The standard InChI is InChI=1S/C14H12BrClO2/c1-18-11-4-2-3-9(7-11)14(17)12-6-5-10(16)8-13(12)15/h2-8,14,17H,1H3. The molecule has 0 aliphatic carbocycles. The zero-order valence-electron chi connectivity index (χ0n) is 9.73. The zero-order chi connectivity index (χ0) is 13.1. The summed E-state index contributed by atoms with van der Waals surface area (Å²) >= 11 is 9.29. The minimum absolute atomic E-state index is 0.628. The first-order chi connectivity index (χ1) is 8.61. The molecule has 0 saturated carbocycles. The van der Waals surface area contributed by atoms with Crippen molar-refractivity contribution in [3.8, 4) is 5.75 Å². The molecule has 2 nitrogen and oxygen atoms in total. The highest BCUT2D eigenvalue weighted by Gasteiger charge is 2.14. The maximum atomic E-state index is 10.4. The van der Waals surface area contributed by atoms with Crippen LogP contribution in [0.5, 0.6) is 5.75 Å². The third-order valence-corrected chi connectivity index (χ3v) is 3.59. The Hall–Kier alpha value is -1.03. The predicted molar refractivity (Wildman–Crippen MR) is 76.2 cm³/mol. The second kappa shape index (κ2) is 5.74. The molecular weight excluding hydrogens is 316 g/mol. The van der Waals surface area contributed by atoms with Crippen LogP contribution >= 0.6 is 27.5 Å². The second-order valence-corrected chi connectivity index (χ2v) is 5.14. The van der Waals surface area contributed by atoms with E-state index >= 15 is 0 Å². The lowest BCUT2D eigenvalue weighted by Gasteiger charge is -2.14. The van der Waals surface area contributed by atoms with E-state index in [4.69, 9.17) is 16.3 Å². The van der Waals surface area contributed by atoms with Gasteiger partial charge in [-0.2, -0.15) is 0 Å². The molecule has 2 aromatic rings. The normalized spacial score (nSPS) is 12.2. The van der Waals surface area contributed by atoms with Crippen molar-refractivity contribution in [2.75, 3.05) is 7.11 Å². The highest BCUT2D eigenvalue weighted by molar-refractivity contribution is 9.10. The van der Waals surface area contributed by atoms with Gasteiger partial charge in [-0.25, -0.2) is 0 Å². The monoisotopic (exact) mass is 326 g/mol. The molecule has 0 heterocycles. The van der Waals surface area contributed by atoms with Crippen LogP contribution in [0.1, 0.15) is 17.2 Å². The first kappa shape index (κ1) is 13.4. The molecule has 18 heavy (non-hydrogen) atoms. The third kappa shape index (κ3) is 2.86. The van der Waals surface area contributed by atoms with Crippen LogP contribution in [0.3, 0.4) is 0 Å². The summed E-state index contributed by atoms with van der Waals surface area (Å²) < 4.78 is 5.93. The van der Waals surface area contributed by atoms with Gasteiger partial charge in [0.25, 0.3) is 0 Å². The average molecular weight is 328 g/mol. The summed E-state index contributed by atoms with van der Waals surface area (Å²) in [6.45, 7) is 0. The molecule has 0 spiro atoms. The predicted octanol–water partition coefficient (Wildman–Crippen LogP) is 4.19. The number of methoxy groups -OCH3 is 1. The fourth-order valence-corrected chi connectivity index (χ4v) is 2.61. The fraction of sp³-hybridized carbons (Fsp3) is 0.143. The molecule has 0 amide bonds. The summed E-state index contributed by atoms with van der Waals surface area (Å²) in [5.41, 5.74) is 1.55. The van der Waals surface area contributed by atoms with Gasteiger partial charge in [0.2, 0.25) is 0 Å². The molecule has 1 unspecified atom stereocenters. The summed E-state index contributed by atoms with van der Waals surface area (Å²) in [6, 6.07) is 12.7. The number of halogens is 2. The van der Waals surface area contributed by atoms with E-state index in [1.807, 2.05) is 24.3 Å². The fourth-order valence-electron chi connectivity index (χ4n) is 1.71. The maximum Gasteiger partial charge on any atom is 0.119 e. The van der Waals surface area contributed by atoms with Crippen molar-refractivity contribution in [1.82, 2.24) is 0 Å². The third-order valence-electron chi connectivity index (χ3n) is 2.67. The highest BCUT2D eigenvalue weighted by Crippen LogP contribution is 2.31. The van der Waals surface area contributed by atoms with E-state index in [0.717, 1.165) is 21.3 Å². The Labute approximate surface area is 119 Å². The first-order valence-electron chi connectivity index (χ1n) is 5.39. The Kier molecular flexibility index (Phi) is 4.27. The van der Waals surface area contributed by atoms with Crippen molar-refractivity contribution in [1.29, 1.82) is 0 Å². The van der Waals surface area contributed by atoms with Gasteiger partial charge in [0.1, 0.15) is 11.9 Å². The van der Waals surface area contributed by atoms with E-state index in [1.54, 1.807) is 25.3 Å². The van der Waals surface area contributed by atoms with Crippen LogP contribution in [0.25, 0.3) is 0 Å². The Morgan fingerprint density at radius 2 is 2.00 bits per heavy atom. The Morgan fingerprint density at radius 1 is 1.22 bits per heavy atom. The van der Waals surface area contributed by atoms with Gasteiger partial charge in [-0.15, -0.1) is 0 Å². The van der Waals surface area contributed by atoms with Crippen LogP contribution in [0.15, 0.2) is 46.9 Å². The highest BCUT2D eigenvalue weighted by atomic mass is 79.9. The van der Waals surface area contributed by atoms with Crippen LogP contribution in [0.4, 0.5) is 0 Å². The summed E-state index contributed by atoms with van der Waals surface area (Å²) in [5, 5.41) is 11.0. The van der Waals surface area contributed by atoms with Crippen molar-refractivity contribution in [3.05, 3.63) is 63.1 Å². The van der Waals surface area contributed by atoms with Crippen LogP contribution in [-0.2, 0) is 0 Å². The number of hydrogen-bond acceptors (Lipinski definition) is 2. The molecule has 0 bridgehead atoms. The second-order valence-electron chi connectivity index (χ2n) is 3.84. The van der Waals surface area contributed by atoms with E-state index in [9.17, 15) is 5.11 Å².